The van der Waals surface area contributed by atoms with Gasteiger partial charge in [-0.2, -0.15) is 0 Å². The smallest absolute Gasteiger partial charge is 0.356 e. The van der Waals surface area contributed by atoms with Gasteiger partial charge in [-0.1, -0.05) is 63.2 Å². The number of nitrogens with zero attached hydrogens (tertiary/aromatic N) is 2. The Bertz CT molecular complexity index is 831. The predicted octanol–water partition coefficient (Wildman–Crippen LogP) is 2.97. The van der Waals surface area contributed by atoms with Crippen LogP contribution in [0.4, 0.5) is 5.95 Å². The maximum Gasteiger partial charge on any atom is 0.356 e. The molecule has 4 nitrogen and oxygen atoms in total. The zero-order chi connectivity index (χ0) is 17.3. The van der Waals surface area contributed by atoms with Crippen LogP contribution in [0.2, 0.25) is 0 Å². The molecule has 126 valence electrons. The third-order valence-corrected chi connectivity index (χ3v) is 4.56. The minimum absolute atomic E-state index is 0.192. The van der Waals surface area contributed by atoms with Gasteiger partial charge in [0.1, 0.15) is 11.0 Å². The van der Waals surface area contributed by atoms with Crippen LogP contribution >= 0.6 is 0 Å². The van der Waals surface area contributed by atoms with Crippen molar-refractivity contribution in [2.24, 2.45) is 5.41 Å². The number of hydrogen-bond donors (Lipinski definition) is 2. The average Bonchev–Trinajstić information content (AvgIpc) is 2.81. The van der Waals surface area contributed by atoms with Gasteiger partial charge >= 0.3 is 5.95 Å². The van der Waals surface area contributed by atoms with E-state index in [1.54, 1.807) is 0 Å². The lowest BCUT2D eigenvalue weighted by Gasteiger charge is -2.24. The fourth-order valence-corrected chi connectivity index (χ4v) is 2.88. The third kappa shape index (κ3) is 3.15. The first kappa shape index (κ1) is 16.5. The second-order valence-corrected chi connectivity index (χ2v) is 7.41. The fraction of sp³-hybridized carbons (Fsp3) is 0.350. The number of anilines is 1. The van der Waals surface area contributed by atoms with Gasteiger partial charge in [0.25, 0.3) is 0 Å². The van der Waals surface area contributed by atoms with Crippen LogP contribution in [0.15, 0.2) is 54.6 Å². The van der Waals surface area contributed by atoms with E-state index in [9.17, 15) is 5.11 Å². The summed E-state index contributed by atoms with van der Waals surface area (Å²) < 4.78 is 4.13. The van der Waals surface area contributed by atoms with E-state index in [2.05, 4.69) is 28.8 Å². The number of benzene rings is 2. The first-order valence-corrected chi connectivity index (χ1v) is 8.36. The molecule has 0 aliphatic heterocycles. The van der Waals surface area contributed by atoms with Crippen LogP contribution in [0, 0.1) is 5.41 Å². The molecule has 0 saturated heterocycles. The highest BCUT2D eigenvalue weighted by atomic mass is 16.3. The second-order valence-electron chi connectivity index (χ2n) is 7.41. The van der Waals surface area contributed by atoms with Crippen LogP contribution < -0.4 is 10.3 Å². The summed E-state index contributed by atoms with van der Waals surface area (Å²) in [6.07, 6.45) is -0.471. The minimum Gasteiger partial charge on any atom is -0.389 e. The van der Waals surface area contributed by atoms with E-state index in [4.69, 9.17) is 5.73 Å². The summed E-state index contributed by atoms with van der Waals surface area (Å²) >= 11 is 0. The molecule has 2 aromatic carbocycles. The molecule has 24 heavy (non-hydrogen) atoms. The Kier molecular flexibility index (Phi) is 4.33. The Balaban J connectivity index is 2.06. The average molecular weight is 324 g/mol. The zero-order valence-corrected chi connectivity index (χ0v) is 14.6. The molecule has 4 heteroatoms. The molecule has 1 heterocycles. The van der Waals surface area contributed by atoms with Crippen molar-refractivity contribution in [1.82, 2.24) is 4.57 Å². The number of aliphatic hydroxyl groups excluding tert-OH is 1. The van der Waals surface area contributed by atoms with Gasteiger partial charge in [0.15, 0.2) is 0 Å². The summed E-state index contributed by atoms with van der Waals surface area (Å²) in [6, 6.07) is 18.5. The van der Waals surface area contributed by atoms with Crippen molar-refractivity contribution >= 4 is 17.0 Å². The summed E-state index contributed by atoms with van der Waals surface area (Å²) in [5, 5.41) is 10.5. The molecule has 0 bridgehead atoms. The highest BCUT2D eigenvalue weighted by Crippen LogP contribution is 2.24. The third-order valence-electron chi connectivity index (χ3n) is 4.56. The quantitative estimate of drug-likeness (QED) is 0.725. The van der Waals surface area contributed by atoms with Gasteiger partial charge in [-0.05, 0) is 23.1 Å². The normalized spacial score (nSPS) is 13.3. The number of fused-ring (bicyclic) bond motifs is 1. The van der Waals surface area contributed by atoms with Crippen molar-refractivity contribution < 1.29 is 9.67 Å². The van der Waals surface area contributed by atoms with Crippen LogP contribution in [0.25, 0.3) is 11.0 Å². The molecular weight excluding hydrogens is 298 g/mol. The zero-order valence-electron chi connectivity index (χ0n) is 14.6. The molecule has 0 unspecified atom stereocenters. The summed E-state index contributed by atoms with van der Waals surface area (Å²) in [6.45, 7) is 7.32. The molecule has 0 aliphatic rings. The number of aliphatic hydroxyl groups is 1. The summed E-state index contributed by atoms with van der Waals surface area (Å²) in [5.41, 5.74) is 9.61. The molecule has 0 fully saturated rings. The van der Waals surface area contributed by atoms with Gasteiger partial charge in [0.05, 0.1) is 19.2 Å². The maximum absolute atomic E-state index is 10.5. The van der Waals surface area contributed by atoms with Gasteiger partial charge < -0.3 is 5.11 Å². The van der Waals surface area contributed by atoms with E-state index < -0.39 is 6.10 Å². The first-order valence-electron chi connectivity index (χ1n) is 8.36. The van der Waals surface area contributed by atoms with E-state index in [0.717, 1.165) is 11.0 Å². The second kappa shape index (κ2) is 6.29. The molecular formula is C20H26N3O+. The molecule has 1 atom stereocenters. The number of rotatable bonds is 4. The van der Waals surface area contributed by atoms with E-state index in [-0.39, 0.29) is 5.41 Å². The van der Waals surface area contributed by atoms with Crippen molar-refractivity contribution in [2.75, 3.05) is 5.73 Å². The lowest BCUT2D eigenvalue weighted by Crippen LogP contribution is -2.38. The topological polar surface area (TPSA) is 55.1 Å². The lowest BCUT2D eigenvalue weighted by molar-refractivity contribution is -0.648. The molecule has 3 N–H and O–H groups in total. The van der Waals surface area contributed by atoms with E-state index in [1.165, 1.54) is 5.56 Å². The Morgan fingerprint density at radius 2 is 1.67 bits per heavy atom. The van der Waals surface area contributed by atoms with Crippen LogP contribution in [0.3, 0.4) is 0 Å². The van der Waals surface area contributed by atoms with Crippen LogP contribution in [-0.2, 0) is 13.1 Å². The van der Waals surface area contributed by atoms with Crippen molar-refractivity contribution in [1.29, 1.82) is 0 Å². The van der Waals surface area contributed by atoms with Crippen molar-refractivity contribution in [3.8, 4) is 0 Å². The van der Waals surface area contributed by atoms with Gasteiger partial charge in [0, 0.05) is 0 Å². The molecule has 3 rings (SSSR count). The monoisotopic (exact) mass is 324 g/mol. The Hall–Kier alpha value is -2.33. The standard InChI is InChI=1S/C20H25N3O/c1-20(2,3)18(24)14-23-17-12-8-7-11-16(17)22(19(23)21)13-15-9-5-4-6-10-15/h4-12,18,21,24H,13-14H2,1-3H3/p+1/t18-/m1/s1. The number of nitrogens with two attached hydrogens (primary N) is 1. The number of hydrogen-bond acceptors (Lipinski definition) is 2. The largest absolute Gasteiger partial charge is 0.389 e. The molecule has 0 aliphatic carbocycles. The molecule has 0 amide bonds. The predicted molar refractivity (Wildman–Crippen MR) is 97.6 cm³/mol. The molecule has 0 radical (unpaired) electrons. The number of imidazole rings is 1. The Morgan fingerprint density at radius 1 is 1.04 bits per heavy atom. The van der Waals surface area contributed by atoms with Crippen molar-refractivity contribution in [3.05, 3.63) is 60.2 Å². The summed E-state index contributed by atoms with van der Waals surface area (Å²) in [4.78, 5) is 0. The lowest BCUT2D eigenvalue weighted by atomic mass is 9.89. The van der Waals surface area contributed by atoms with Gasteiger partial charge in [-0.25, -0.2) is 9.13 Å². The van der Waals surface area contributed by atoms with Gasteiger partial charge in [-0.15, -0.1) is 0 Å². The maximum atomic E-state index is 10.5. The highest BCUT2D eigenvalue weighted by molar-refractivity contribution is 5.74. The molecule has 1 aromatic heterocycles. The van der Waals surface area contributed by atoms with Crippen molar-refractivity contribution in [2.45, 2.75) is 40.0 Å². The summed E-state index contributed by atoms with van der Waals surface area (Å²) in [7, 11) is 0. The Morgan fingerprint density at radius 3 is 2.33 bits per heavy atom. The molecule has 0 spiro atoms. The van der Waals surface area contributed by atoms with Crippen LogP contribution in [0.1, 0.15) is 26.3 Å². The minimum atomic E-state index is -0.471. The molecule has 0 saturated carbocycles. The van der Waals surface area contributed by atoms with Gasteiger partial charge in [0.2, 0.25) is 0 Å². The molecule has 3 aromatic rings. The van der Waals surface area contributed by atoms with E-state index in [0.29, 0.717) is 19.0 Å². The fourth-order valence-electron chi connectivity index (χ4n) is 2.88. The highest BCUT2D eigenvalue weighted by Gasteiger charge is 2.28. The van der Waals surface area contributed by atoms with E-state index >= 15 is 0 Å². The summed E-state index contributed by atoms with van der Waals surface area (Å²) in [5.74, 6) is 0.670. The van der Waals surface area contributed by atoms with Gasteiger partial charge in [-0.3, -0.25) is 5.73 Å². The SMILES string of the molecule is CC(C)(C)[C@H](O)Cn1c(N)[n+](Cc2ccccc2)c2ccccc21. The first-order chi connectivity index (χ1) is 11.4. The Labute approximate surface area is 143 Å². The van der Waals surface area contributed by atoms with Crippen molar-refractivity contribution in [3.63, 3.8) is 0 Å². The van der Waals surface area contributed by atoms with Crippen LogP contribution in [-0.4, -0.2) is 15.8 Å². The number of para-hydroxylation sites is 2. The number of nitrogen functional groups attached to an aromatic ring is 1. The van der Waals surface area contributed by atoms with Crippen LogP contribution in [0.5, 0.6) is 0 Å². The van der Waals surface area contributed by atoms with E-state index in [1.807, 2.05) is 55.7 Å². The number of aromatic nitrogens is 2.